The smallest absolute Gasteiger partial charge is 0.411 e. The first-order valence-corrected chi connectivity index (χ1v) is 8.96. The van der Waals surface area contributed by atoms with E-state index < -0.39 is 27.3 Å². The molecule has 1 unspecified atom stereocenters. The number of halogens is 3. The quantitative estimate of drug-likeness (QED) is 0.412. The minimum absolute atomic E-state index is 0.0202. The van der Waals surface area contributed by atoms with Crippen molar-refractivity contribution in [2.24, 2.45) is 0 Å². The highest BCUT2D eigenvalue weighted by molar-refractivity contribution is 6.67. The van der Waals surface area contributed by atoms with Crippen LogP contribution in [0.25, 0.3) is 0 Å². The van der Waals surface area contributed by atoms with E-state index in [0.29, 0.717) is 13.0 Å². The van der Waals surface area contributed by atoms with Crippen molar-refractivity contribution >= 4 is 58.2 Å². The standard InChI is InChI=1S/C15H16Cl3N3O6/c16-15(17,18)8-27-14(24)19-12-6-9(21(25)26)3-4-11(12)13(23)20-5-1-2-10(20)7-22/h3-4,6,10,22H,1-2,5,7-8H2,(H,19,24). The molecule has 0 radical (unpaired) electrons. The summed E-state index contributed by atoms with van der Waals surface area (Å²) in [5.74, 6) is -0.474. The van der Waals surface area contributed by atoms with Gasteiger partial charge in [-0.25, -0.2) is 4.79 Å². The highest BCUT2D eigenvalue weighted by atomic mass is 35.6. The van der Waals surface area contributed by atoms with Crippen molar-refractivity contribution in [2.45, 2.75) is 22.7 Å². The van der Waals surface area contributed by atoms with Crippen LogP contribution in [-0.2, 0) is 4.74 Å². The average molecular weight is 441 g/mol. The molecule has 2 N–H and O–H groups in total. The maximum absolute atomic E-state index is 12.8. The van der Waals surface area contributed by atoms with E-state index in [1.54, 1.807) is 0 Å². The number of nitro groups is 1. The van der Waals surface area contributed by atoms with Gasteiger partial charge in [-0.3, -0.25) is 20.2 Å². The predicted octanol–water partition coefficient (Wildman–Crippen LogP) is 3.11. The van der Waals surface area contributed by atoms with Crippen molar-refractivity contribution < 1.29 is 24.4 Å². The third-order valence-corrected chi connectivity index (χ3v) is 4.22. The van der Waals surface area contributed by atoms with Crippen LogP contribution in [0.15, 0.2) is 18.2 Å². The van der Waals surface area contributed by atoms with Gasteiger partial charge in [-0.15, -0.1) is 0 Å². The van der Waals surface area contributed by atoms with E-state index in [0.717, 1.165) is 18.6 Å². The van der Waals surface area contributed by atoms with Crippen molar-refractivity contribution in [2.75, 3.05) is 25.1 Å². The van der Waals surface area contributed by atoms with Crippen LogP contribution in [0.5, 0.6) is 0 Å². The summed E-state index contributed by atoms with van der Waals surface area (Å²) < 4.78 is 2.90. The topological polar surface area (TPSA) is 122 Å². The summed E-state index contributed by atoms with van der Waals surface area (Å²) in [7, 11) is 0. The molecular weight excluding hydrogens is 425 g/mol. The Hall–Kier alpha value is -1.81. The summed E-state index contributed by atoms with van der Waals surface area (Å²) in [6.07, 6.45) is 0.317. The van der Waals surface area contributed by atoms with E-state index in [9.17, 15) is 24.8 Å². The number of ether oxygens (including phenoxy) is 1. The van der Waals surface area contributed by atoms with Crippen LogP contribution >= 0.6 is 34.8 Å². The predicted molar refractivity (Wildman–Crippen MR) is 99.5 cm³/mol. The Morgan fingerprint density at radius 3 is 2.70 bits per heavy atom. The molecule has 0 aromatic heterocycles. The average Bonchev–Trinajstić information content (AvgIpc) is 3.07. The van der Waals surface area contributed by atoms with Crippen molar-refractivity contribution in [1.82, 2.24) is 4.90 Å². The van der Waals surface area contributed by atoms with Gasteiger partial charge >= 0.3 is 6.09 Å². The summed E-state index contributed by atoms with van der Waals surface area (Å²) in [6.45, 7) is -0.328. The summed E-state index contributed by atoms with van der Waals surface area (Å²) in [6, 6.07) is 3.07. The minimum Gasteiger partial charge on any atom is -0.445 e. The molecule has 1 aromatic rings. The molecular formula is C15H16Cl3N3O6. The number of nitrogens with zero attached hydrogens (tertiary/aromatic N) is 2. The first-order valence-electron chi connectivity index (χ1n) is 7.83. The van der Waals surface area contributed by atoms with Crippen molar-refractivity contribution in [3.8, 4) is 0 Å². The lowest BCUT2D eigenvalue weighted by atomic mass is 10.1. The number of amides is 2. The SMILES string of the molecule is O=C(Nc1cc([N+](=O)[O-])ccc1C(=O)N1CCCC1CO)OCC(Cl)(Cl)Cl. The zero-order valence-electron chi connectivity index (χ0n) is 13.9. The lowest BCUT2D eigenvalue weighted by Crippen LogP contribution is -2.38. The molecule has 2 rings (SSSR count). The Morgan fingerprint density at radius 2 is 2.11 bits per heavy atom. The van der Waals surface area contributed by atoms with Gasteiger partial charge in [0.15, 0.2) is 0 Å². The summed E-state index contributed by atoms with van der Waals surface area (Å²) in [4.78, 5) is 36.5. The van der Waals surface area contributed by atoms with E-state index >= 15 is 0 Å². The fraction of sp³-hybridized carbons (Fsp3) is 0.467. The van der Waals surface area contributed by atoms with E-state index in [2.05, 4.69) is 5.32 Å². The normalized spacial score (nSPS) is 16.9. The number of rotatable bonds is 5. The lowest BCUT2D eigenvalue weighted by molar-refractivity contribution is -0.384. The van der Waals surface area contributed by atoms with Gasteiger partial charge in [0.05, 0.1) is 28.8 Å². The third kappa shape index (κ3) is 5.83. The second-order valence-electron chi connectivity index (χ2n) is 5.78. The number of hydrogen-bond donors (Lipinski definition) is 2. The molecule has 1 aliphatic heterocycles. The zero-order valence-corrected chi connectivity index (χ0v) is 16.1. The van der Waals surface area contributed by atoms with Gasteiger partial charge in [-0.1, -0.05) is 34.8 Å². The van der Waals surface area contributed by atoms with Gasteiger partial charge in [0, 0.05) is 18.7 Å². The van der Waals surface area contributed by atoms with E-state index in [-0.39, 0.29) is 29.6 Å². The summed E-state index contributed by atoms with van der Waals surface area (Å²) in [5.41, 5.74) is -0.428. The number of aliphatic hydroxyl groups is 1. The molecule has 0 saturated carbocycles. The van der Waals surface area contributed by atoms with Gasteiger partial charge in [-0.2, -0.15) is 0 Å². The molecule has 1 fully saturated rings. The Bertz CT molecular complexity index is 740. The molecule has 12 heteroatoms. The molecule has 1 aromatic carbocycles. The molecule has 0 bridgehead atoms. The number of carbonyl (C=O) groups is 2. The Kier molecular flexibility index (Phi) is 7.10. The first kappa shape index (κ1) is 21.5. The van der Waals surface area contributed by atoms with Crippen molar-refractivity contribution in [1.29, 1.82) is 0 Å². The molecule has 0 aliphatic carbocycles. The van der Waals surface area contributed by atoms with Gasteiger partial charge in [-0.05, 0) is 18.9 Å². The fourth-order valence-corrected chi connectivity index (χ4v) is 2.84. The fourth-order valence-electron chi connectivity index (χ4n) is 2.68. The van der Waals surface area contributed by atoms with Crippen LogP contribution in [0.2, 0.25) is 0 Å². The second kappa shape index (κ2) is 8.92. The molecule has 27 heavy (non-hydrogen) atoms. The van der Waals surface area contributed by atoms with E-state index in [1.807, 2.05) is 0 Å². The summed E-state index contributed by atoms with van der Waals surface area (Å²) in [5, 5.41) is 22.7. The largest absolute Gasteiger partial charge is 0.445 e. The third-order valence-electron chi connectivity index (χ3n) is 3.90. The molecule has 1 saturated heterocycles. The second-order valence-corrected chi connectivity index (χ2v) is 8.30. The summed E-state index contributed by atoms with van der Waals surface area (Å²) >= 11 is 16.5. The number of carbonyl (C=O) groups excluding carboxylic acids is 2. The number of benzene rings is 1. The number of nitrogens with one attached hydrogen (secondary N) is 1. The number of non-ortho nitro benzene ring substituents is 1. The van der Waals surface area contributed by atoms with Crippen LogP contribution in [-0.4, -0.2) is 56.5 Å². The monoisotopic (exact) mass is 439 g/mol. The molecule has 2 amide bonds. The highest BCUT2D eigenvalue weighted by Crippen LogP contribution is 2.28. The first-order chi connectivity index (χ1) is 12.6. The maximum Gasteiger partial charge on any atom is 0.411 e. The van der Waals surface area contributed by atoms with Crippen molar-refractivity contribution in [3.05, 3.63) is 33.9 Å². The van der Waals surface area contributed by atoms with Crippen LogP contribution in [0.4, 0.5) is 16.2 Å². The number of aliphatic hydroxyl groups excluding tert-OH is 1. The molecule has 1 aliphatic rings. The van der Waals surface area contributed by atoms with Crippen LogP contribution < -0.4 is 5.32 Å². The minimum atomic E-state index is -1.83. The molecule has 1 heterocycles. The molecule has 0 spiro atoms. The zero-order chi connectivity index (χ0) is 20.2. The van der Waals surface area contributed by atoms with Crippen LogP contribution in [0, 0.1) is 10.1 Å². The molecule has 148 valence electrons. The Labute approximate surface area is 169 Å². The van der Waals surface area contributed by atoms with Crippen molar-refractivity contribution in [3.63, 3.8) is 0 Å². The molecule has 9 nitrogen and oxygen atoms in total. The van der Waals surface area contributed by atoms with Gasteiger partial charge in [0.1, 0.15) is 6.61 Å². The maximum atomic E-state index is 12.8. The highest BCUT2D eigenvalue weighted by Gasteiger charge is 2.31. The Balaban J connectivity index is 2.27. The lowest BCUT2D eigenvalue weighted by Gasteiger charge is -2.24. The number of hydrogen-bond acceptors (Lipinski definition) is 6. The number of nitro benzene ring substituents is 1. The van der Waals surface area contributed by atoms with Crippen LogP contribution in [0.1, 0.15) is 23.2 Å². The van der Waals surface area contributed by atoms with Gasteiger partial charge in [0.25, 0.3) is 11.6 Å². The van der Waals surface area contributed by atoms with E-state index in [4.69, 9.17) is 39.5 Å². The van der Waals surface area contributed by atoms with Gasteiger partial charge < -0.3 is 14.7 Å². The number of anilines is 1. The van der Waals surface area contributed by atoms with Crippen LogP contribution in [0.3, 0.4) is 0 Å². The number of likely N-dealkylation sites (tertiary alicyclic amines) is 1. The van der Waals surface area contributed by atoms with E-state index in [1.165, 1.54) is 11.0 Å². The van der Waals surface area contributed by atoms with Gasteiger partial charge in [0.2, 0.25) is 3.79 Å². The number of alkyl halides is 3. The molecule has 1 atom stereocenters. The Morgan fingerprint density at radius 1 is 1.41 bits per heavy atom.